The van der Waals surface area contributed by atoms with Crippen LogP contribution in [-0.2, 0) is 22.6 Å². The number of fused-ring (bicyclic) bond motifs is 2. The standard InChI is InChI=1S/C22H19NO4/c1-14-6-8-18-16(11-22(25)27-20(18)10-14)13-26-21(24)9-7-15-12-23-19-5-3-2-4-17(15)19/h2-6,8,10-12,23H,7,9,13H2,1H3. The molecular formula is C22H19NO4. The van der Waals surface area contributed by atoms with Crippen molar-refractivity contribution in [3.05, 3.63) is 81.8 Å². The molecule has 0 unspecified atom stereocenters. The highest BCUT2D eigenvalue weighted by Crippen LogP contribution is 2.21. The Kier molecular flexibility index (Phi) is 4.50. The van der Waals surface area contributed by atoms with Crippen molar-refractivity contribution in [3.63, 3.8) is 0 Å². The van der Waals surface area contributed by atoms with Crippen LogP contribution in [0.1, 0.15) is 23.1 Å². The molecule has 5 nitrogen and oxygen atoms in total. The van der Waals surface area contributed by atoms with Gasteiger partial charge in [0.15, 0.2) is 0 Å². The fourth-order valence-electron chi connectivity index (χ4n) is 3.26. The normalized spacial score (nSPS) is 11.1. The van der Waals surface area contributed by atoms with Crippen LogP contribution in [0.25, 0.3) is 21.9 Å². The van der Waals surface area contributed by atoms with E-state index in [-0.39, 0.29) is 19.0 Å². The lowest BCUT2D eigenvalue weighted by Gasteiger charge is -2.07. The Morgan fingerprint density at radius 2 is 1.93 bits per heavy atom. The number of aromatic nitrogens is 1. The van der Waals surface area contributed by atoms with Gasteiger partial charge < -0.3 is 14.1 Å². The number of rotatable bonds is 5. The molecule has 4 rings (SSSR count). The minimum Gasteiger partial charge on any atom is -0.461 e. The first-order valence-corrected chi connectivity index (χ1v) is 8.84. The third kappa shape index (κ3) is 3.62. The van der Waals surface area contributed by atoms with Crippen LogP contribution in [0, 0.1) is 6.92 Å². The van der Waals surface area contributed by atoms with Gasteiger partial charge in [-0.3, -0.25) is 4.79 Å². The maximum atomic E-state index is 12.2. The number of carbonyl (C=O) groups is 1. The van der Waals surface area contributed by atoms with Crippen LogP contribution in [0.4, 0.5) is 0 Å². The van der Waals surface area contributed by atoms with Gasteiger partial charge in [-0.1, -0.05) is 30.3 Å². The monoisotopic (exact) mass is 361 g/mol. The second-order valence-electron chi connectivity index (χ2n) is 6.61. The van der Waals surface area contributed by atoms with Gasteiger partial charge in [-0.25, -0.2) is 4.79 Å². The topological polar surface area (TPSA) is 72.3 Å². The molecule has 0 aliphatic rings. The zero-order valence-electron chi connectivity index (χ0n) is 15.0. The Labute approximate surface area is 155 Å². The van der Waals surface area contributed by atoms with Gasteiger partial charge in [0.05, 0.1) is 0 Å². The molecule has 5 heteroatoms. The fourth-order valence-corrected chi connectivity index (χ4v) is 3.26. The van der Waals surface area contributed by atoms with Gasteiger partial charge >= 0.3 is 11.6 Å². The van der Waals surface area contributed by atoms with Crippen molar-refractivity contribution in [2.75, 3.05) is 0 Å². The van der Waals surface area contributed by atoms with E-state index in [2.05, 4.69) is 4.98 Å². The Hall–Kier alpha value is -3.34. The average Bonchev–Trinajstić information content (AvgIpc) is 3.07. The summed E-state index contributed by atoms with van der Waals surface area (Å²) in [5.74, 6) is -0.297. The lowest BCUT2D eigenvalue weighted by molar-refractivity contribution is -0.144. The van der Waals surface area contributed by atoms with Crippen LogP contribution in [0.2, 0.25) is 0 Å². The van der Waals surface area contributed by atoms with E-state index in [1.54, 1.807) is 6.07 Å². The van der Waals surface area contributed by atoms with E-state index in [1.165, 1.54) is 6.07 Å². The first kappa shape index (κ1) is 17.1. The summed E-state index contributed by atoms with van der Waals surface area (Å²) in [5, 5.41) is 1.90. The highest BCUT2D eigenvalue weighted by atomic mass is 16.5. The van der Waals surface area contributed by atoms with E-state index in [1.807, 2.05) is 49.5 Å². The first-order valence-electron chi connectivity index (χ1n) is 8.84. The number of hydrogen-bond acceptors (Lipinski definition) is 4. The Bertz CT molecular complexity index is 1190. The third-order valence-electron chi connectivity index (χ3n) is 4.65. The number of hydrogen-bond donors (Lipinski definition) is 1. The molecule has 0 atom stereocenters. The van der Waals surface area contributed by atoms with Gasteiger partial charge in [0.25, 0.3) is 0 Å². The molecule has 0 saturated heterocycles. The summed E-state index contributed by atoms with van der Waals surface area (Å²) >= 11 is 0. The molecule has 0 bridgehead atoms. The highest BCUT2D eigenvalue weighted by Gasteiger charge is 2.11. The number of esters is 1. The lowest BCUT2D eigenvalue weighted by atomic mass is 10.1. The number of para-hydroxylation sites is 1. The molecule has 4 aromatic rings. The summed E-state index contributed by atoms with van der Waals surface area (Å²) in [7, 11) is 0. The number of aryl methyl sites for hydroxylation is 2. The summed E-state index contributed by atoms with van der Waals surface area (Å²) in [6, 6.07) is 15.0. The molecule has 1 N–H and O–H groups in total. The van der Waals surface area contributed by atoms with E-state index < -0.39 is 5.63 Å². The van der Waals surface area contributed by atoms with Crippen molar-refractivity contribution in [1.82, 2.24) is 4.98 Å². The van der Waals surface area contributed by atoms with Crippen LogP contribution in [-0.4, -0.2) is 11.0 Å². The van der Waals surface area contributed by atoms with E-state index >= 15 is 0 Å². The molecule has 0 saturated carbocycles. The zero-order valence-corrected chi connectivity index (χ0v) is 15.0. The quantitative estimate of drug-likeness (QED) is 0.426. The summed E-state index contributed by atoms with van der Waals surface area (Å²) in [5.41, 5.74) is 3.85. The lowest BCUT2D eigenvalue weighted by Crippen LogP contribution is -2.08. The number of aromatic amines is 1. The second-order valence-corrected chi connectivity index (χ2v) is 6.61. The molecular weight excluding hydrogens is 342 g/mol. The van der Waals surface area contributed by atoms with E-state index in [9.17, 15) is 9.59 Å². The minimum absolute atomic E-state index is 0.0535. The van der Waals surface area contributed by atoms with E-state index in [4.69, 9.17) is 9.15 Å². The molecule has 0 spiro atoms. The van der Waals surface area contributed by atoms with Crippen molar-refractivity contribution >= 4 is 27.8 Å². The summed E-state index contributed by atoms with van der Waals surface area (Å²) in [4.78, 5) is 27.1. The summed E-state index contributed by atoms with van der Waals surface area (Å²) in [6.07, 6.45) is 2.80. The van der Waals surface area contributed by atoms with Crippen molar-refractivity contribution in [2.45, 2.75) is 26.4 Å². The molecule has 0 aliphatic carbocycles. The first-order chi connectivity index (χ1) is 13.1. The largest absolute Gasteiger partial charge is 0.461 e. The number of benzene rings is 2. The van der Waals surface area contributed by atoms with Crippen molar-refractivity contribution in [1.29, 1.82) is 0 Å². The second kappa shape index (κ2) is 7.11. The zero-order chi connectivity index (χ0) is 18.8. The van der Waals surface area contributed by atoms with Gasteiger partial charge in [0.2, 0.25) is 0 Å². The van der Waals surface area contributed by atoms with Crippen LogP contribution in [0.15, 0.2) is 63.9 Å². The van der Waals surface area contributed by atoms with Crippen molar-refractivity contribution in [2.24, 2.45) is 0 Å². The Morgan fingerprint density at radius 1 is 1.07 bits per heavy atom. The maximum absolute atomic E-state index is 12.2. The number of nitrogens with one attached hydrogen (secondary N) is 1. The van der Waals surface area contributed by atoms with E-state index in [0.717, 1.165) is 27.4 Å². The molecule has 27 heavy (non-hydrogen) atoms. The number of H-pyrrole nitrogens is 1. The molecule has 0 aliphatic heterocycles. The maximum Gasteiger partial charge on any atom is 0.336 e. The van der Waals surface area contributed by atoms with Crippen molar-refractivity contribution in [3.8, 4) is 0 Å². The molecule has 0 radical (unpaired) electrons. The summed E-state index contributed by atoms with van der Waals surface area (Å²) < 4.78 is 10.6. The van der Waals surface area contributed by atoms with Gasteiger partial charge in [0.1, 0.15) is 12.2 Å². The highest BCUT2D eigenvalue weighted by molar-refractivity contribution is 5.84. The third-order valence-corrected chi connectivity index (χ3v) is 4.65. The fraction of sp³-hybridized carbons (Fsp3) is 0.182. The number of ether oxygens (including phenoxy) is 1. The molecule has 136 valence electrons. The molecule has 2 heterocycles. The predicted octanol–water partition coefficient (Wildman–Crippen LogP) is 4.26. The predicted molar refractivity (Wildman–Crippen MR) is 104 cm³/mol. The van der Waals surface area contributed by atoms with Crippen LogP contribution in [0.5, 0.6) is 0 Å². The molecule has 2 aromatic heterocycles. The average molecular weight is 361 g/mol. The molecule has 0 fully saturated rings. The van der Waals surface area contributed by atoms with Crippen LogP contribution >= 0.6 is 0 Å². The van der Waals surface area contributed by atoms with Gasteiger partial charge in [-0.15, -0.1) is 0 Å². The Morgan fingerprint density at radius 3 is 2.81 bits per heavy atom. The van der Waals surface area contributed by atoms with Gasteiger partial charge in [0, 0.05) is 40.5 Å². The Balaban J connectivity index is 1.44. The van der Waals surface area contributed by atoms with Crippen LogP contribution < -0.4 is 5.63 Å². The molecule has 0 amide bonds. The minimum atomic E-state index is -0.446. The van der Waals surface area contributed by atoms with Crippen LogP contribution in [0.3, 0.4) is 0 Å². The number of carbonyl (C=O) groups excluding carboxylic acids is 1. The van der Waals surface area contributed by atoms with Gasteiger partial charge in [-0.2, -0.15) is 0 Å². The molecule has 2 aromatic carbocycles. The SMILES string of the molecule is Cc1ccc2c(COC(=O)CCc3c[nH]c4ccccc34)cc(=O)oc2c1. The van der Waals surface area contributed by atoms with Gasteiger partial charge in [-0.05, 0) is 36.6 Å². The summed E-state index contributed by atoms with van der Waals surface area (Å²) in [6.45, 7) is 1.98. The van der Waals surface area contributed by atoms with E-state index in [0.29, 0.717) is 17.6 Å². The smallest absolute Gasteiger partial charge is 0.336 e. The van der Waals surface area contributed by atoms with Crippen molar-refractivity contribution < 1.29 is 13.9 Å².